The van der Waals surface area contributed by atoms with Crippen molar-refractivity contribution in [3.63, 3.8) is 0 Å². The molecule has 2 N–H and O–H groups in total. The Kier molecular flexibility index (Phi) is 5.61. The summed E-state index contributed by atoms with van der Waals surface area (Å²) in [5.74, 6) is -3.59. The highest BCUT2D eigenvalue weighted by Crippen LogP contribution is 2.27. The number of nitrogens with one attached hydrogen (secondary N) is 2. The van der Waals surface area contributed by atoms with Gasteiger partial charge in [-0.3, -0.25) is 4.99 Å². The molecule has 1 saturated heterocycles. The molecule has 3 rings (SSSR count). The third-order valence-electron chi connectivity index (χ3n) is 4.49. The molecule has 8 heteroatoms. The molecule has 0 radical (unpaired) electrons. The number of allylic oxidation sites excluding steroid dienone is 1. The molecule has 0 atom stereocenters. The lowest BCUT2D eigenvalue weighted by molar-refractivity contribution is -0.138. The zero-order valence-corrected chi connectivity index (χ0v) is 14.4. The van der Waals surface area contributed by atoms with Crippen molar-refractivity contribution in [2.45, 2.75) is 19.8 Å². The number of nitrogens with zero attached hydrogens (tertiary/aromatic N) is 1. The minimum Gasteiger partial charge on any atom is -0.463 e. The van der Waals surface area contributed by atoms with E-state index in [1.165, 1.54) is 0 Å². The van der Waals surface area contributed by atoms with Crippen LogP contribution in [0.15, 0.2) is 28.4 Å². The highest BCUT2D eigenvalue weighted by Gasteiger charge is 2.30. The number of halogens is 3. The number of ether oxygens (including phenoxy) is 1. The minimum absolute atomic E-state index is 0.0210. The molecule has 0 saturated carbocycles. The van der Waals surface area contributed by atoms with E-state index < -0.39 is 29.0 Å². The van der Waals surface area contributed by atoms with E-state index in [4.69, 9.17) is 4.74 Å². The van der Waals surface area contributed by atoms with Crippen LogP contribution in [-0.2, 0) is 9.53 Å². The number of carbonyl (C=O) groups is 1. The zero-order valence-electron chi connectivity index (χ0n) is 14.4. The Bertz CT molecular complexity index is 748. The van der Waals surface area contributed by atoms with Crippen LogP contribution in [0.4, 0.5) is 13.2 Å². The molecule has 1 aromatic rings. The maximum absolute atomic E-state index is 14.1. The Hall–Kier alpha value is -2.35. The van der Waals surface area contributed by atoms with Gasteiger partial charge in [-0.05, 0) is 32.9 Å². The summed E-state index contributed by atoms with van der Waals surface area (Å²) in [5.41, 5.74) is 0.518. The summed E-state index contributed by atoms with van der Waals surface area (Å²) in [5, 5.41) is 6.16. The summed E-state index contributed by atoms with van der Waals surface area (Å²) in [7, 11) is 0. The minimum atomic E-state index is -1.04. The number of esters is 1. The third kappa shape index (κ3) is 3.75. The molecule has 0 unspecified atom stereocenters. The van der Waals surface area contributed by atoms with E-state index in [0.29, 0.717) is 23.4 Å². The first-order valence-corrected chi connectivity index (χ1v) is 8.58. The molecule has 26 heavy (non-hydrogen) atoms. The zero-order chi connectivity index (χ0) is 18.7. The van der Waals surface area contributed by atoms with Crippen molar-refractivity contribution in [2.24, 2.45) is 10.9 Å². The molecule has 0 amide bonds. The Morgan fingerprint density at radius 3 is 2.50 bits per heavy atom. The molecule has 2 aliphatic heterocycles. The number of hydrogen-bond donors (Lipinski definition) is 2. The van der Waals surface area contributed by atoms with Crippen LogP contribution in [0.25, 0.3) is 0 Å². The van der Waals surface area contributed by atoms with Gasteiger partial charge in [-0.25, -0.2) is 18.0 Å². The van der Waals surface area contributed by atoms with Gasteiger partial charge in [-0.1, -0.05) is 0 Å². The van der Waals surface area contributed by atoms with Gasteiger partial charge in [0, 0.05) is 23.7 Å². The summed E-state index contributed by atoms with van der Waals surface area (Å²) in [4.78, 5) is 16.4. The van der Waals surface area contributed by atoms with Crippen LogP contribution in [0.5, 0.6) is 0 Å². The summed E-state index contributed by atoms with van der Waals surface area (Å²) >= 11 is 0. The van der Waals surface area contributed by atoms with Crippen LogP contribution < -0.4 is 10.6 Å². The number of rotatable bonds is 4. The predicted molar refractivity (Wildman–Crippen MR) is 90.1 cm³/mol. The lowest BCUT2D eigenvalue weighted by Gasteiger charge is -2.30. The van der Waals surface area contributed by atoms with Gasteiger partial charge in [0.1, 0.15) is 23.3 Å². The van der Waals surface area contributed by atoms with Crippen LogP contribution in [0.2, 0.25) is 0 Å². The van der Waals surface area contributed by atoms with Gasteiger partial charge in [-0.2, -0.15) is 0 Å². The quantitative estimate of drug-likeness (QED) is 0.802. The van der Waals surface area contributed by atoms with E-state index in [-0.39, 0.29) is 24.9 Å². The summed E-state index contributed by atoms with van der Waals surface area (Å²) in [6.07, 6.45) is 1.54. The maximum atomic E-state index is 14.1. The molecule has 0 aromatic heterocycles. The average molecular weight is 367 g/mol. The summed E-state index contributed by atoms with van der Waals surface area (Å²) in [6, 6.07) is 1.22. The first kappa shape index (κ1) is 18.4. The van der Waals surface area contributed by atoms with E-state index in [1.807, 2.05) is 0 Å². The standard InChI is InChI=1S/C18H20F3N3O2/c1-2-26-18(25)12-9-23-17(15-13(20)7-11(19)8-14(15)21)24-16(12)10-3-5-22-6-4-10/h7-8,10,22H,2-6,9H2,1H3,(H,23,24). The van der Waals surface area contributed by atoms with Crippen molar-refractivity contribution in [1.29, 1.82) is 0 Å². The number of hydrogen-bond acceptors (Lipinski definition) is 5. The molecule has 5 nitrogen and oxygen atoms in total. The van der Waals surface area contributed by atoms with Crippen molar-refractivity contribution in [1.82, 2.24) is 10.6 Å². The average Bonchev–Trinajstić information content (AvgIpc) is 2.61. The summed E-state index contributed by atoms with van der Waals surface area (Å²) in [6.45, 7) is 3.43. The van der Waals surface area contributed by atoms with Crippen LogP contribution >= 0.6 is 0 Å². The van der Waals surface area contributed by atoms with Crippen LogP contribution in [0.3, 0.4) is 0 Å². The van der Waals surface area contributed by atoms with Crippen LogP contribution in [0.1, 0.15) is 25.3 Å². The molecule has 0 bridgehead atoms. The molecular formula is C18H20F3N3O2. The van der Waals surface area contributed by atoms with Crippen LogP contribution in [-0.4, -0.2) is 38.0 Å². The molecule has 2 heterocycles. The normalized spacial score (nSPS) is 18.4. The lowest BCUT2D eigenvalue weighted by Crippen LogP contribution is -2.40. The monoisotopic (exact) mass is 367 g/mol. The summed E-state index contributed by atoms with van der Waals surface area (Å²) < 4.78 is 46.5. The molecular weight excluding hydrogens is 347 g/mol. The fraction of sp³-hybridized carbons (Fsp3) is 0.444. The topological polar surface area (TPSA) is 62.7 Å². The predicted octanol–water partition coefficient (Wildman–Crippen LogP) is 2.27. The molecule has 0 spiro atoms. The Morgan fingerprint density at radius 1 is 1.23 bits per heavy atom. The van der Waals surface area contributed by atoms with E-state index in [2.05, 4.69) is 15.6 Å². The second-order valence-corrected chi connectivity index (χ2v) is 6.17. The largest absolute Gasteiger partial charge is 0.463 e. The highest BCUT2D eigenvalue weighted by atomic mass is 19.1. The van der Waals surface area contributed by atoms with E-state index in [1.54, 1.807) is 6.92 Å². The van der Waals surface area contributed by atoms with Crippen molar-refractivity contribution in [3.8, 4) is 0 Å². The fourth-order valence-corrected chi connectivity index (χ4v) is 3.25. The Balaban J connectivity index is 1.95. The van der Waals surface area contributed by atoms with Gasteiger partial charge in [0.05, 0.1) is 24.3 Å². The number of carbonyl (C=O) groups excluding carboxylic acids is 1. The van der Waals surface area contributed by atoms with Gasteiger partial charge in [0.25, 0.3) is 0 Å². The maximum Gasteiger partial charge on any atom is 0.337 e. The lowest BCUT2D eigenvalue weighted by atomic mass is 9.90. The van der Waals surface area contributed by atoms with Gasteiger partial charge in [0.2, 0.25) is 0 Å². The second kappa shape index (κ2) is 7.90. The third-order valence-corrected chi connectivity index (χ3v) is 4.49. The number of benzene rings is 1. The number of aliphatic imine (C=N–C) groups is 1. The van der Waals surface area contributed by atoms with Gasteiger partial charge in [-0.15, -0.1) is 0 Å². The van der Waals surface area contributed by atoms with Gasteiger partial charge >= 0.3 is 5.97 Å². The molecule has 1 fully saturated rings. The van der Waals surface area contributed by atoms with Crippen molar-refractivity contribution >= 4 is 11.8 Å². The van der Waals surface area contributed by atoms with E-state index in [0.717, 1.165) is 25.9 Å². The second-order valence-electron chi connectivity index (χ2n) is 6.17. The molecule has 140 valence electrons. The SMILES string of the molecule is CCOC(=O)C1=C(C2CCNCC2)NC(c2c(F)cc(F)cc2F)=NC1. The Labute approximate surface area is 149 Å². The molecule has 2 aliphatic rings. The van der Waals surface area contributed by atoms with Crippen molar-refractivity contribution < 1.29 is 22.7 Å². The van der Waals surface area contributed by atoms with Gasteiger partial charge in [0.15, 0.2) is 0 Å². The number of piperidine rings is 1. The van der Waals surface area contributed by atoms with E-state index >= 15 is 0 Å². The first-order chi connectivity index (χ1) is 12.5. The smallest absolute Gasteiger partial charge is 0.337 e. The Morgan fingerprint density at radius 2 is 1.88 bits per heavy atom. The van der Waals surface area contributed by atoms with Crippen LogP contribution in [0, 0.1) is 23.4 Å². The first-order valence-electron chi connectivity index (χ1n) is 8.58. The number of amidine groups is 1. The van der Waals surface area contributed by atoms with Crippen molar-refractivity contribution in [3.05, 3.63) is 46.4 Å². The molecule has 0 aliphatic carbocycles. The van der Waals surface area contributed by atoms with E-state index in [9.17, 15) is 18.0 Å². The fourth-order valence-electron chi connectivity index (χ4n) is 3.25. The van der Waals surface area contributed by atoms with Gasteiger partial charge < -0.3 is 15.4 Å². The highest BCUT2D eigenvalue weighted by molar-refractivity contribution is 6.03. The molecule has 1 aromatic carbocycles. The van der Waals surface area contributed by atoms with Crippen molar-refractivity contribution in [2.75, 3.05) is 26.2 Å².